The molecule has 0 radical (unpaired) electrons. The van der Waals surface area contributed by atoms with Gasteiger partial charge in [0.05, 0.1) is 6.61 Å². The van der Waals surface area contributed by atoms with E-state index < -0.39 is 0 Å². The van der Waals surface area contributed by atoms with Crippen LogP contribution in [0, 0.1) is 4.77 Å². The van der Waals surface area contributed by atoms with Gasteiger partial charge in [-0.3, -0.25) is 0 Å². The summed E-state index contributed by atoms with van der Waals surface area (Å²) in [6.45, 7) is 0.737. The van der Waals surface area contributed by atoms with E-state index in [-0.39, 0.29) is 10.7 Å². The Labute approximate surface area is 103 Å². The van der Waals surface area contributed by atoms with Gasteiger partial charge in [-0.1, -0.05) is 0 Å². The quantitative estimate of drug-likeness (QED) is 0.749. The predicted molar refractivity (Wildman–Crippen MR) is 66.3 cm³/mol. The van der Waals surface area contributed by atoms with Crippen molar-refractivity contribution in [3.63, 3.8) is 0 Å². The third-order valence-electron chi connectivity index (χ3n) is 2.63. The van der Waals surface area contributed by atoms with Crippen LogP contribution in [0.2, 0.25) is 0 Å². The second-order valence-corrected chi connectivity index (χ2v) is 4.15. The standard InChI is InChI=1S/C11H10N4OS/c12-10-13-9(14-11(17)15-10)7-1-2-8-6(5-7)3-4-16-8/h1-2,5H,3-4H2,(H3,12,13,14,15,17). The van der Waals surface area contributed by atoms with Gasteiger partial charge < -0.3 is 15.5 Å². The van der Waals surface area contributed by atoms with E-state index in [0.717, 1.165) is 24.3 Å². The van der Waals surface area contributed by atoms with Crippen molar-refractivity contribution in [2.75, 3.05) is 12.3 Å². The van der Waals surface area contributed by atoms with Crippen molar-refractivity contribution >= 4 is 18.2 Å². The van der Waals surface area contributed by atoms with Gasteiger partial charge >= 0.3 is 0 Å². The van der Waals surface area contributed by atoms with Gasteiger partial charge in [-0.25, -0.2) is 4.98 Å². The van der Waals surface area contributed by atoms with Gasteiger partial charge in [-0.05, 0) is 36.0 Å². The summed E-state index contributed by atoms with van der Waals surface area (Å²) in [5.74, 6) is 1.85. The molecule has 0 saturated carbocycles. The van der Waals surface area contributed by atoms with Crippen LogP contribution < -0.4 is 10.5 Å². The summed E-state index contributed by atoms with van der Waals surface area (Å²) in [6, 6.07) is 5.90. The van der Waals surface area contributed by atoms with E-state index in [1.54, 1.807) is 0 Å². The number of hydrogen-bond donors (Lipinski definition) is 2. The Balaban J connectivity index is 2.12. The highest BCUT2D eigenvalue weighted by Crippen LogP contribution is 2.29. The fraction of sp³-hybridized carbons (Fsp3) is 0.182. The van der Waals surface area contributed by atoms with E-state index in [4.69, 9.17) is 22.7 Å². The third-order valence-corrected chi connectivity index (χ3v) is 2.82. The molecule has 1 aromatic carbocycles. The van der Waals surface area contributed by atoms with Gasteiger partial charge in [0.15, 0.2) is 0 Å². The monoisotopic (exact) mass is 246 g/mol. The number of anilines is 1. The second kappa shape index (κ2) is 3.81. The van der Waals surface area contributed by atoms with Crippen LogP contribution in [-0.4, -0.2) is 21.6 Å². The Morgan fingerprint density at radius 2 is 2.24 bits per heavy atom. The normalized spacial score (nSPS) is 13.2. The summed E-state index contributed by atoms with van der Waals surface area (Å²) in [5.41, 5.74) is 7.73. The molecule has 1 aliphatic rings. The first kappa shape index (κ1) is 10.2. The second-order valence-electron chi connectivity index (χ2n) is 3.79. The molecule has 1 aliphatic heterocycles. The van der Waals surface area contributed by atoms with Gasteiger partial charge in [-0.2, -0.15) is 4.98 Å². The maximum absolute atomic E-state index is 5.61. The molecule has 2 heterocycles. The fourth-order valence-electron chi connectivity index (χ4n) is 1.87. The number of nitrogen functional groups attached to an aromatic ring is 1. The number of fused-ring (bicyclic) bond motifs is 1. The number of H-pyrrole nitrogens is 1. The number of aromatic amines is 1. The zero-order chi connectivity index (χ0) is 11.8. The van der Waals surface area contributed by atoms with E-state index in [2.05, 4.69) is 15.0 Å². The number of hydrogen-bond acceptors (Lipinski definition) is 5. The first-order valence-electron chi connectivity index (χ1n) is 5.22. The topological polar surface area (TPSA) is 76.8 Å². The zero-order valence-electron chi connectivity index (χ0n) is 8.93. The molecule has 0 unspecified atom stereocenters. The minimum atomic E-state index is 0.244. The van der Waals surface area contributed by atoms with Crippen molar-refractivity contribution in [2.45, 2.75) is 6.42 Å². The molecule has 3 rings (SSSR count). The molecule has 86 valence electrons. The number of ether oxygens (including phenoxy) is 1. The number of benzene rings is 1. The van der Waals surface area contributed by atoms with E-state index in [1.165, 1.54) is 5.56 Å². The summed E-state index contributed by atoms with van der Waals surface area (Å²) in [7, 11) is 0. The Morgan fingerprint density at radius 1 is 1.35 bits per heavy atom. The Morgan fingerprint density at radius 3 is 3.06 bits per heavy atom. The summed E-state index contributed by atoms with van der Waals surface area (Å²) in [6.07, 6.45) is 0.921. The molecule has 5 nitrogen and oxygen atoms in total. The van der Waals surface area contributed by atoms with Crippen molar-refractivity contribution in [1.82, 2.24) is 15.0 Å². The summed E-state index contributed by atoms with van der Waals surface area (Å²) in [5, 5.41) is 0. The lowest BCUT2D eigenvalue weighted by molar-refractivity contribution is 0.357. The summed E-state index contributed by atoms with van der Waals surface area (Å²) in [4.78, 5) is 10.9. The molecule has 0 amide bonds. The number of nitrogens with one attached hydrogen (secondary N) is 1. The molecule has 0 saturated heterocycles. The lowest BCUT2D eigenvalue weighted by Gasteiger charge is -2.04. The minimum Gasteiger partial charge on any atom is -0.493 e. The number of nitrogens with two attached hydrogens (primary N) is 1. The van der Waals surface area contributed by atoms with Crippen molar-refractivity contribution < 1.29 is 4.74 Å². The van der Waals surface area contributed by atoms with Gasteiger partial charge in [0.1, 0.15) is 11.6 Å². The molecule has 17 heavy (non-hydrogen) atoms. The molecule has 0 bridgehead atoms. The SMILES string of the molecule is Nc1nc(=S)nc(-c2ccc3c(c2)CCO3)[nH]1. The van der Waals surface area contributed by atoms with Crippen molar-refractivity contribution in [1.29, 1.82) is 0 Å². The van der Waals surface area contributed by atoms with E-state index in [1.807, 2.05) is 18.2 Å². The minimum absolute atomic E-state index is 0.244. The van der Waals surface area contributed by atoms with E-state index >= 15 is 0 Å². The van der Waals surface area contributed by atoms with Gasteiger partial charge in [0, 0.05) is 12.0 Å². The smallest absolute Gasteiger partial charge is 0.224 e. The number of aromatic nitrogens is 3. The van der Waals surface area contributed by atoms with Gasteiger partial charge in [-0.15, -0.1) is 0 Å². The lowest BCUT2D eigenvalue weighted by atomic mass is 10.1. The summed E-state index contributed by atoms with van der Waals surface area (Å²) >= 11 is 4.94. The Bertz CT molecular complexity index is 638. The van der Waals surface area contributed by atoms with Crippen molar-refractivity contribution in [3.05, 3.63) is 28.5 Å². The largest absolute Gasteiger partial charge is 0.493 e. The molecular formula is C11H10N4OS. The molecule has 6 heteroatoms. The van der Waals surface area contributed by atoms with E-state index in [0.29, 0.717) is 5.82 Å². The van der Waals surface area contributed by atoms with Crippen LogP contribution in [0.4, 0.5) is 5.95 Å². The highest BCUT2D eigenvalue weighted by atomic mass is 32.1. The zero-order valence-corrected chi connectivity index (χ0v) is 9.75. The molecule has 2 aromatic rings. The van der Waals surface area contributed by atoms with E-state index in [9.17, 15) is 0 Å². The molecule has 1 aromatic heterocycles. The first-order chi connectivity index (χ1) is 8.22. The molecular weight excluding hydrogens is 236 g/mol. The third kappa shape index (κ3) is 1.87. The first-order valence-corrected chi connectivity index (χ1v) is 5.63. The highest BCUT2D eigenvalue weighted by molar-refractivity contribution is 7.71. The van der Waals surface area contributed by atoms with Crippen LogP contribution in [0.25, 0.3) is 11.4 Å². The van der Waals surface area contributed by atoms with Gasteiger partial charge in [0.2, 0.25) is 10.7 Å². The van der Waals surface area contributed by atoms with Crippen molar-refractivity contribution in [3.8, 4) is 17.1 Å². The average Bonchev–Trinajstić information content (AvgIpc) is 2.74. The predicted octanol–water partition coefficient (Wildman–Crippen LogP) is 1.72. The summed E-state index contributed by atoms with van der Waals surface area (Å²) < 4.78 is 5.69. The van der Waals surface area contributed by atoms with Gasteiger partial charge in [0.25, 0.3) is 0 Å². The van der Waals surface area contributed by atoms with Crippen LogP contribution in [0.5, 0.6) is 5.75 Å². The molecule has 0 atom stereocenters. The maximum Gasteiger partial charge on any atom is 0.224 e. The van der Waals surface area contributed by atoms with Crippen LogP contribution in [0.3, 0.4) is 0 Å². The Kier molecular flexibility index (Phi) is 2.29. The Hall–Kier alpha value is -1.95. The van der Waals surface area contributed by atoms with Crippen LogP contribution in [0.1, 0.15) is 5.56 Å². The molecule has 0 aliphatic carbocycles. The lowest BCUT2D eigenvalue weighted by Crippen LogP contribution is -1.99. The highest BCUT2D eigenvalue weighted by Gasteiger charge is 2.13. The number of rotatable bonds is 1. The van der Waals surface area contributed by atoms with Crippen LogP contribution in [0.15, 0.2) is 18.2 Å². The average molecular weight is 246 g/mol. The van der Waals surface area contributed by atoms with Crippen molar-refractivity contribution in [2.24, 2.45) is 0 Å². The fourth-order valence-corrected chi connectivity index (χ4v) is 2.06. The van der Waals surface area contributed by atoms with Crippen LogP contribution in [-0.2, 0) is 6.42 Å². The molecule has 0 fully saturated rings. The van der Waals surface area contributed by atoms with Crippen LogP contribution >= 0.6 is 12.2 Å². The molecule has 0 spiro atoms. The maximum atomic E-state index is 5.61. The number of nitrogens with zero attached hydrogens (tertiary/aromatic N) is 2. The molecule has 3 N–H and O–H groups in total.